The van der Waals surface area contributed by atoms with Crippen LogP contribution in [0.2, 0.25) is 5.02 Å². The molecular weight excluding hydrogens is 282 g/mol. The van der Waals surface area contributed by atoms with Crippen LogP contribution in [-0.4, -0.2) is 6.54 Å². The normalized spacial score (nSPS) is 24.3. The second-order valence-electron chi connectivity index (χ2n) is 6.36. The summed E-state index contributed by atoms with van der Waals surface area (Å²) >= 11 is 6.24. The molecule has 1 aliphatic rings. The fourth-order valence-electron chi connectivity index (χ4n) is 3.54. The van der Waals surface area contributed by atoms with Crippen LogP contribution in [0.4, 0.5) is 0 Å². The second kappa shape index (κ2) is 6.41. The van der Waals surface area contributed by atoms with E-state index in [0.717, 1.165) is 29.2 Å². The molecule has 0 bridgehead atoms. The van der Waals surface area contributed by atoms with Gasteiger partial charge in [0.05, 0.1) is 11.1 Å². The highest BCUT2D eigenvalue weighted by Gasteiger charge is 2.29. The first-order valence-electron chi connectivity index (χ1n) is 8.10. The molecule has 1 aromatic carbocycles. The molecule has 0 saturated heterocycles. The minimum absolute atomic E-state index is 0.311. The summed E-state index contributed by atoms with van der Waals surface area (Å²) < 4.78 is 6.10. The summed E-state index contributed by atoms with van der Waals surface area (Å²) in [6.07, 6.45) is 5.22. The Bertz CT molecular complexity index is 598. The Morgan fingerprint density at radius 1 is 1.29 bits per heavy atom. The molecule has 0 amide bonds. The van der Waals surface area contributed by atoms with Gasteiger partial charge in [0.2, 0.25) is 0 Å². The smallest absolute Gasteiger partial charge is 0.152 e. The molecule has 3 heteroatoms. The van der Waals surface area contributed by atoms with Gasteiger partial charge in [-0.15, -0.1) is 0 Å². The number of nitrogens with one attached hydrogen (secondary N) is 1. The number of halogens is 1. The maximum absolute atomic E-state index is 6.24. The quantitative estimate of drug-likeness (QED) is 0.799. The zero-order valence-electron chi connectivity index (χ0n) is 12.9. The Labute approximate surface area is 131 Å². The van der Waals surface area contributed by atoms with Crippen LogP contribution in [0.1, 0.15) is 51.3 Å². The van der Waals surface area contributed by atoms with Crippen LogP contribution in [0, 0.1) is 11.8 Å². The van der Waals surface area contributed by atoms with Gasteiger partial charge < -0.3 is 9.73 Å². The van der Waals surface area contributed by atoms with Gasteiger partial charge in [0.15, 0.2) is 5.58 Å². The third-order valence-corrected chi connectivity index (χ3v) is 5.08. The molecule has 1 saturated carbocycles. The molecule has 0 spiro atoms. The van der Waals surface area contributed by atoms with Crippen LogP contribution >= 0.6 is 11.6 Å². The van der Waals surface area contributed by atoms with Crippen molar-refractivity contribution in [2.24, 2.45) is 11.8 Å². The molecule has 1 fully saturated rings. The van der Waals surface area contributed by atoms with Crippen molar-refractivity contribution < 1.29 is 4.42 Å². The van der Waals surface area contributed by atoms with E-state index in [2.05, 4.69) is 31.3 Å². The van der Waals surface area contributed by atoms with E-state index >= 15 is 0 Å². The molecular formula is C18H24ClNO. The molecule has 1 aromatic heterocycles. The van der Waals surface area contributed by atoms with Gasteiger partial charge in [-0.1, -0.05) is 50.4 Å². The van der Waals surface area contributed by atoms with Crippen LogP contribution in [-0.2, 0) is 0 Å². The number of rotatable bonds is 4. The first kappa shape index (κ1) is 14.9. The highest BCUT2D eigenvalue weighted by Crippen LogP contribution is 2.39. The minimum atomic E-state index is 0.311. The van der Waals surface area contributed by atoms with Crippen molar-refractivity contribution in [1.29, 1.82) is 0 Å². The Kier molecular flexibility index (Phi) is 4.56. The van der Waals surface area contributed by atoms with Crippen molar-refractivity contribution in [2.75, 3.05) is 6.54 Å². The summed E-state index contributed by atoms with van der Waals surface area (Å²) in [5, 5.41) is 5.43. The fraction of sp³-hybridized carbons (Fsp3) is 0.556. The minimum Gasteiger partial charge on any atom is -0.458 e. The molecule has 114 valence electrons. The zero-order chi connectivity index (χ0) is 14.8. The van der Waals surface area contributed by atoms with E-state index < -0.39 is 0 Å². The van der Waals surface area contributed by atoms with Crippen LogP contribution in [0.5, 0.6) is 0 Å². The van der Waals surface area contributed by atoms with Gasteiger partial charge in [0.1, 0.15) is 5.76 Å². The topological polar surface area (TPSA) is 25.2 Å². The van der Waals surface area contributed by atoms with Gasteiger partial charge in [-0.3, -0.25) is 0 Å². The molecule has 1 heterocycles. The van der Waals surface area contributed by atoms with Crippen LogP contribution < -0.4 is 5.32 Å². The maximum atomic E-state index is 6.24. The number of fused-ring (bicyclic) bond motifs is 1. The van der Waals surface area contributed by atoms with E-state index in [9.17, 15) is 0 Å². The van der Waals surface area contributed by atoms with Crippen molar-refractivity contribution in [3.05, 3.63) is 35.0 Å². The first-order valence-corrected chi connectivity index (χ1v) is 8.48. The lowest BCUT2D eigenvalue weighted by Crippen LogP contribution is -2.30. The molecule has 0 radical (unpaired) electrons. The van der Waals surface area contributed by atoms with Crippen molar-refractivity contribution in [2.45, 2.75) is 45.6 Å². The summed E-state index contributed by atoms with van der Waals surface area (Å²) in [6, 6.07) is 8.41. The van der Waals surface area contributed by atoms with E-state index in [0.29, 0.717) is 17.0 Å². The van der Waals surface area contributed by atoms with Gasteiger partial charge in [-0.05, 0) is 43.4 Å². The van der Waals surface area contributed by atoms with Crippen LogP contribution in [0.15, 0.2) is 28.7 Å². The van der Waals surface area contributed by atoms with Crippen molar-refractivity contribution in [3.8, 4) is 0 Å². The molecule has 0 aliphatic heterocycles. The summed E-state index contributed by atoms with van der Waals surface area (Å²) in [4.78, 5) is 0. The summed E-state index contributed by atoms with van der Waals surface area (Å²) in [7, 11) is 0. The lowest BCUT2D eigenvalue weighted by Gasteiger charge is -2.32. The highest BCUT2D eigenvalue weighted by molar-refractivity contribution is 6.34. The largest absolute Gasteiger partial charge is 0.458 e. The van der Waals surface area contributed by atoms with E-state index in [1.165, 1.54) is 25.7 Å². The number of hydrogen-bond donors (Lipinski definition) is 1. The van der Waals surface area contributed by atoms with Crippen LogP contribution in [0.3, 0.4) is 0 Å². The number of benzene rings is 1. The Morgan fingerprint density at radius 2 is 2.05 bits per heavy atom. The van der Waals surface area contributed by atoms with E-state index in [1.54, 1.807) is 0 Å². The number of furan rings is 1. The van der Waals surface area contributed by atoms with E-state index in [4.69, 9.17) is 16.0 Å². The standard InChI is InChI=1S/C18H24ClNO/c1-3-20-17(13-9-7-12(2)8-10-13)16-11-14-5-4-6-15(19)18(14)21-16/h4-6,11-13,17,20H,3,7-10H2,1-2H3. The molecule has 2 nitrogen and oxygen atoms in total. The monoisotopic (exact) mass is 305 g/mol. The average molecular weight is 306 g/mol. The lowest BCUT2D eigenvalue weighted by molar-refractivity contribution is 0.216. The maximum Gasteiger partial charge on any atom is 0.152 e. The second-order valence-corrected chi connectivity index (χ2v) is 6.77. The van der Waals surface area contributed by atoms with Gasteiger partial charge in [0, 0.05) is 5.39 Å². The van der Waals surface area contributed by atoms with Gasteiger partial charge in [-0.2, -0.15) is 0 Å². The van der Waals surface area contributed by atoms with Crippen LogP contribution in [0.25, 0.3) is 11.0 Å². The fourth-order valence-corrected chi connectivity index (χ4v) is 3.76. The third-order valence-electron chi connectivity index (χ3n) is 4.78. The Morgan fingerprint density at radius 3 is 2.71 bits per heavy atom. The molecule has 2 aromatic rings. The van der Waals surface area contributed by atoms with Gasteiger partial charge in [0.25, 0.3) is 0 Å². The summed E-state index contributed by atoms with van der Waals surface area (Å²) in [5.74, 6) is 2.58. The molecule has 1 atom stereocenters. The van der Waals surface area contributed by atoms with E-state index in [-0.39, 0.29) is 0 Å². The Balaban J connectivity index is 1.89. The molecule has 1 unspecified atom stereocenters. The molecule has 1 aliphatic carbocycles. The predicted molar refractivity (Wildman–Crippen MR) is 88.8 cm³/mol. The lowest BCUT2D eigenvalue weighted by atomic mass is 9.78. The molecule has 3 rings (SSSR count). The van der Waals surface area contributed by atoms with Gasteiger partial charge >= 0.3 is 0 Å². The molecule has 21 heavy (non-hydrogen) atoms. The zero-order valence-corrected chi connectivity index (χ0v) is 13.6. The first-order chi connectivity index (χ1) is 10.2. The van der Waals surface area contributed by atoms with E-state index in [1.807, 2.05) is 12.1 Å². The Hall–Kier alpha value is -0.990. The van der Waals surface area contributed by atoms with Crippen molar-refractivity contribution in [1.82, 2.24) is 5.32 Å². The third kappa shape index (κ3) is 3.12. The average Bonchev–Trinajstić information content (AvgIpc) is 2.91. The van der Waals surface area contributed by atoms with Crippen molar-refractivity contribution in [3.63, 3.8) is 0 Å². The predicted octanol–water partition coefficient (Wildman–Crippen LogP) is 5.56. The number of hydrogen-bond acceptors (Lipinski definition) is 2. The highest BCUT2D eigenvalue weighted by atomic mass is 35.5. The van der Waals surface area contributed by atoms with Crippen molar-refractivity contribution >= 4 is 22.6 Å². The SMILES string of the molecule is CCNC(c1cc2cccc(Cl)c2o1)C1CCC(C)CC1. The summed E-state index contributed by atoms with van der Waals surface area (Å²) in [5.41, 5.74) is 0.821. The molecule has 1 N–H and O–H groups in total. The number of para-hydroxylation sites is 1. The summed E-state index contributed by atoms with van der Waals surface area (Å²) in [6.45, 7) is 5.48. The van der Waals surface area contributed by atoms with Gasteiger partial charge in [-0.25, -0.2) is 0 Å².